The van der Waals surface area contributed by atoms with E-state index in [4.69, 9.17) is 5.73 Å². The predicted octanol–water partition coefficient (Wildman–Crippen LogP) is -0.481. The van der Waals surface area contributed by atoms with Crippen LogP contribution >= 0.6 is 0 Å². The summed E-state index contributed by atoms with van der Waals surface area (Å²) in [6, 6.07) is 0. The molecule has 0 aromatic carbocycles. The molecule has 74 valence electrons. The molecule has 0 saturated carbocycles. The second kappa shape index (κ2) is 3.72. The summed E-state index contributed by atoms with van der Waals surface area (Å²) in [4.78, 5) is 0. The van der Waals surface area contributed by atoms with Crippen molar-refractivity contribution in [3.8, 4) is 0 Å². The van der Waals surface area contributed by atoms with Crippen LogP contribution in [0, 0.1) is 0 Å². The molecule has 0 bridgehead atoms. The van der Waals surface area contributed by atoms with Gasteiger partial charge >= 0.3 is 0 Å². The Balaban J connectivity index is 4.62. The Hall–Kier alpha value is -0.130. The number of hydrogen-bond acceptors (Lipinski definition) is 4. The lowest BCUT2D eigenvalue weighted by atomic mass is 10.0. The van der Waals surface area contributed by atoms with Crippen molar-refractivity contribution < 1.29 is 13.5 Å². The fourth-order valence-electron chi connectivity index (χ4n) is 0.753. The molecule has 0 aromatic rings. The zero-order chi connectivity index (χ0) is 9.99. The third-order valence-corrected chi connectivity index (χ3v) is 4.38. The van der Waals surface area contributed by atoms with Crippen molar-refractivity contribution >= 4 is 9.84 Å². The highest BCUT2D eigenvalue weighted by molar-refractivity contribution is 7.92. The normalized spacial score (nSPS) is 16.1. The lowest BCUT2D eigenvalue weighted by Crippen LogP contribution is -2.44. The molecular weight excluding hydrogens is 178 g/mol. The van der Waals surface area contributed by atoms with Crippen LogP contribution in [0.25, 0.3) is 0 Å². The monoisotopic (exact) mass is 195 g/mol. The standard InChI is InChI=1S/C7H17NO3S/c1-7(2,12(3,10)11)6(9)4-5-8/h6,9H,4-5,8H2,1-3H3. The molecule has 0 amide bonds. The lowest BCUT2D eigenvalue weighted by molar-refractivity contribution is 0.131. The van der Waals surface area contributed by atoms with E-state index in [2.05, 4.69) is 0 Å². The van der Waals surface area contributed by atoms with Crippen molar-refractivity contribution in [2.45, 2.75) is 31.1 Å². The van der Waals surface area contributed by atoms with Gasteiger partial charge in [-0.2, -0.15) is 0 Å². The summed E-state index contributed by atoms with van der Waals surface area (Å²) < 4.78 is 21.2. The van der Waals surface area contributed by atoms with Crippen LogP contribution in [0.3, 0.4) is 0 Å². The molecule has 5 heteroatoms. The van der Waals surface area contributed by atoms with E-state index in [0.717, 1.165) is 6.26 Å². The third-order valence-electron chi connectivity index (χ3n) is 2.20. The zero-order valence-electron chi connectivity index (χ0n) is 7.74. The molecule has 4 nitrogen and oxygen atoms in total. The van der Waals surface area contributed by atoms with Crippen LogP contribution in [0.4, 0.5) is 0 Å². The summed E-state index contributed by atoms with van der Waals surface area (Å²) in [5, 5.41) is 9.45. The highest BCUT2D eigenvalue weighted by atomic mass is 32.2. The van der Waals surface area contributed by atoms with Gasteiger partial charge in [0.25, 0.3) is 0 Å². The van der Waals surface area contributed by atoms with Crippen LogP contribution in [-0.4, -0.2) is 37.2 Å². The van der Waals surface area contributed by atoms with E-state index >= 15 is 0 Å². The van der Waals surface area contributed by atoms with Crippen molar-refractivity contribution in [1.29, 1.82) is 0 Å². The van der Waals surface area contributed by atoms with Crippen LogP contribution in [0.1, 0.15) is 20.3 Å². The fraction of sp³-hybridized carbons (Fsp3) is 1.00. The Bertz CT molecular complexity index is 233. The molecule has 0 aromatic heterocycles. The number of sulfone groups is 1. The van der Waals surface area contributed by atoms with E-state index in [0.29, 0.717) is 13.0 Å². The first-order valence-electron chi connectivity index (χ1n) is 3.81. The van der Waals surface area contributed by atoms with Gasteiger partial charge in [0.05, 0.1) is 10.9 Å². The molecule has 0 aliphatic heterocycles. The van der Waals surface area contributed by atoms with Crippen LogP contribution in [-0.2, 0) is 9.84 Å². The molecule has 0 aliphatic rings. The van der Waals surface area contributed by atoms with E-state index in [1.165, 1.54) is 13.8 Å². The molecule has 3 N–H and O–H groups in total. The van der Waals surface area contributed by atoms with Gasteiger partial charge < -0.3 is 10.8 Å². The fourth-order valence-corrected chi connectivity index (χ4v) is 1.36. The molecule has 0 radical (unpaired) electrons. The summed E-state index contributed by atoms with van der Waals surface area (Å²) in [5.74, 6) is 0. The molecule has 0 spiro atoms. The van der Waals surface area contributed by atoms with Gasteiger partial charge in [-0.05, 0) is 26.8 Å². The van der Waals surface area contributed by atoms with Crippen molar-refractivity contribution in [2.24, 2.45) is 5.73 Å². The average molecular weight is 195 g/mol. The second-order valence-electron chi connectivity index (χ2n) is 3.47. The maximum Gasteiger partial charge on any atom is 0.155 e. The summed E-state index contributed by atoms with van der Waals surface area (Å²) in [6.07, 6.45) is 0.532. The molecule has 0 fully saturated rings. The molecular formula is C7H17NO3S. The first-order chi connectivity index (χ1) is 5.23. The van der Waals surface area contributed by atoms with Crippen LogP contribution in [0.2, 0.25) is 0 Å². The van der Waals surface area contributed by atoms with Gasteiger partial charge in [0.15, 0.2) is 9.84 Å². The van der Waals surface area contributed by atoms with Gasteiger partial charge in [0.1, 0.15) is 0 Å². The molecule has 1 atom stereocenters. The molecule has 0 saturated heterocycles. The van der Waals surface area contributed by atoms with Gasteiger partial charge in [0.2, 0.25) is 0 Å². The molecule has 1 unspecified atom stereocenters. The Morgan fingerprint density at radius 3 is 2.17 bits per heavy atom. The van der Waals surface area contributed by atoms with Gasteiger partial charge in [-0.15, -0.1) is 0 Å². The number of hydrogen-bond donors (Lipinski definition) is 2. The Morgan fingerprint density at radius 1 is 1.50 bits per heavy atom. The minimum absolute atomic E-state index is 0.292. The van der Waals surface area contributed by atoms with Crippen molar-refractivity contribution in [3.63, 3.8) is 0 Å². The summed E-state index contributed by atoms with van der Waals surface area (Å²) >= 11 is 0. The minimum Gasteiger partial charge on any atom is -0.391 e. The van der Waals surface area contributed by atoms with E-state index in [1.54, 1.807) is 0 Å². The largest absolute Gasteiger partial charge is 0.391 e. The number of aliphatic hydroxyl groups is 1. The smallest absolute Gasteiger partial charge is 0.155 e. The van der Waals surface area contributed by atoms with Gasteiger partial charge in [-0.25, -0.2) is 8.42 Å². The first kappa shape index (κ1) is 11.9. The highest BCUT2D eigenvalue weighted by Gasteiger charge is 2.37. The Kier molecular flexibility index (Phi) is 3.68. The second-order valence-corrected chi connectivity index (χ2v) is 6.07. The van der Waals surface area contributed by atoms with Gasteiger partial charge in [-0.1, -0.05) is 0 Å². The van der Waals surface area contributed by atoms with Gasteiger partial charge in [0, 0.05) is 6.26 Å². The minimum atomic E-state index is -3.23. The summed E-state index contributed by atoms with van der Waals surface area (Å²) in [5.41, 5.74) is 5.21. The molecule has 0 aliphatic carbocycles. The molecule has 12 heavy (non-hydrogen) atoms. The van der Waals surface area contributed by atoms with Crippen molar-refractivity contribution in [3.05, 3.63) is 0 Å². The molecule has 0 heterocycles. The number of nitrogens with two attached hydrogens (primary N) is 1. The number of aliphatic hydroxyl groups excluding tert-OH is 1. The third kappa shape index (κ3) is 2.43. The Labute approximate surface area is 73.7 Å². The maximum absolute atomic E-state index is 11.2. The van der Waals surface area contributed by atoms with E-state index < -0.39 is 20.7 Å². The van der Waals surface area contributed by atoms with E-state index in [-0.39, 0.29) is 0 Å². The van der Waals surface area contributed by atoms with Crippen LogP contribution in [0.15, 0.2) is 0 Å². The average Bonchev–Trinajstić information content (AvgIpc) is 1.85. The summed E-state index contributed by atoms with van der Waals surface area (Å²) in [7, 11) is -3.23. The highest BCUT2D eigenvalue weighted by Crippen LogP contribution is 2.21. The van der Waals surface area contributed by atoms with E-state index in [1.807, 2.05) is 0 Å². The van der Waals surface area contributed by atoms with Crippen LogP contribution in [0.5, 0.6) is 0 Å². The zero-order valence-corrected chi connectivity index (χ0v) is 8.56. The SMILES string of the molecule is CC(C)(C(O)CCN)S(C)(=O)=O. The first-order valence-corrected chi connectivity index (χ1v) is 5.70. The van der Waals surface area contributed by atoms with E-state index in [9.17, 15) is 13.5 Å². The van der Waals surface area contributed by atoms with Crippen molar-refractivity contribution in [1.82, 2.24) is 0 Å². The predicted molar refractivity (Wildman–Crippen MR) is 48.6 cm³/mol. The van der Waals surface area contributed by atoms with Crippen LogP contribution < -0.4 is 5.73 Å². The maximum atomic E-state index is 11.2. The summed E-state index contributed by atoms with van der Waals surface area (Å²) in [6.45, 7) is 3.30. The van der Waals surface area contributed by atoms with Gasteiger partial charge in [-0.3, -0.25) is 0 Å². The lowest BCUT2D eigenvalue weighted by Gasteiger charge is -2.28. The van der Waals surface area contributed by atoms with Crippen molar-refractivity contribution in [2.75, 3.05) is 12.8 Å². The number of rotatable bonds is 4. The quantitative estimate of drug-likeness (QED) is 0.635. The topological polar surface area (TPSA) is 80.4 Å². The molecule has 0 rings (SSSR count). The Morgan fingerprint density at radius 2 is 1.92 bits per heavy atom.